The lowest BCUT2D eigenvalue weighted by atomic mass is 10.1. The zero-order valence-corrected chi connectivity index (χ0v) is 11.6. The first-order valence-electron chi connectivity index (χ1n) is 5.94. The van der Waals surface area contributed by atoms with E-state index < -0.39 is 5.97 Å². The number of amides is 1. The Kier molecular flexibility index (Phi) is 5.50. The quantitative estimate of drug-likeness (QED) is 0.770. The highest BCUT2D eigenvalue weighted by molar-refractivity contribution is 5.91. The molecule has 19 heavy (non-hydrogen) atoms. The third-order valence-corrected chi connectivity index (χ3v) is 2.42. The molecule has 7 heteroatoms. The molecule has 1 aromatic heterocycles. The van der Waals surface area contributed by atoms with Crippen LogP contribution in [0.2, 0.25) is 0 Å². The summed E-state index contributed by atoms with van der Waals surface area (Å²) in [5, 5.41) is 6.41. The molecule has 1 rings (SSSR count). The number of hydrogen-bond acceptors (Lipinski definition) is 6. The fraction of sp³-hybridized carbons (Fsp3) is 0.583. The van der Waals surface area contributed by atoms with Crippen LogP contribution < -0.4 is 5.32 Å². The maximum Gasteiger partial charge on any atom is 0.319 e. The van der Waals surface area contributed by atoms with E-state index in [1.54, 1.807) is 18.0 Å². The summed E-state index contributed by atoms with van der Waals surface area (Å²) in [5.74, 6) is -0.133. The number of hydrogen-bond donors (Lipinski definition) is 1. The third-order valence-electron chi connectivity index (χ3n) is 2.42. The van der Waals surface area contributed by atoms with Crippen LogP contribution >= 0.6 is 0 Å². The second kappa shape index (κ2) is 6.89. The Labute approximate surface area is 111 Å². The van der Waals surface area contributed by atoms with Gasteiger partial charge in [0.15, 0.2) is 0 Å². The molecule has 1 aromatic rings. The van der Waals surface area contributed by atoms with Gasteiger partial charge in [-0.15, -0.1) is 0 Å². The lowest BCUT2D eigenvalue weighted by Gasteiger charge is -2.13. The molecule has 7 nitrogen and oxygen atoms in total. The molecule has 0 saturated carbocycles. The summed E-state index contributed by atoms with van der Waals surface area (Å²) in [6, 6.07) is 1.68. The first kappa shape index (κ1) is 15.2. The van der Waals surface area contributed by atoms with Crippen LogP contribution in [0.25, 0.3) is 0 Å². The van der Waals surface area contributed by atoms with E-state index in [-0.39, 0.29) is 24.9 Å². The Bertz CT molecular complexity index is 442. The van der Waals surface area contributed by atoms with Gasteiger partial charge in [-0.05, 0) is 13.0 Å². The molecule has 0 aliphatic rings. The fourth-order valence-corrected chi connectivity index (χ4v) is 1.38. The molecule has 0 aliphatic heterocycles. The maximum atomic E-state index is 11.7. The van der Waals surface area contributed by atoms with Crippen molar-refractivity contribution in [1.82, 2.24) is 10.1 Å². The number of aromatic nitrogens is 1. The van der Waals surface area contributed by atoms with Crippen molar-refractivity contribution in [3.63, 3.8) is 0 Å². The van der Waals surface area contributed by atoms with Gasteiger partial charge in [0.1, 0.15) is 0 Å². The highest BCUT2D eigenvalue weighted by Gasteiger charge is 2.13. The summed E-state index contributed by atoms with van der Waals surface area (Å²) in [4.78, 5) is 24.2. The molecule has 0 saturated heterocycles. The van der Waals surface area contributed by atoms with E-state index in [4.69, 9.17) is 4.52 Å². The van der Waals surface area contributed by atoms with E-state index >= 15 is 0 Å². The first-order chi connectivity index (χ1) is 8.92. The number of carbonyl (C=O) groups is 2. The van der Waals surface area contributed by atoms with E-state index in [1.165, 1.54) is 7.11 Å². The smallest absolute Gasteiger partial charge is 0.319 e. The van der Waals surface area contributed by atoms with Gasteiger partial charge >= 0.3 is 5.97 Å². The summed E-state index contributed by atoms with van der Waals surface area (Å²) >= 11 is 0. The summed E-state index contributed by atoms with van der Waals surface area (Å²) in [6.07, 6.45) is 0. The molecule has 0 spiro atoms. The zero-order valence-electron chi connectivity index (χ0n) is 11.6. The highest BCUT2D eigenvalue weighted by atomic mass is 16.5. The Hall–Kier alpha value is -1.89. The molecule has 0 aliphatic carbocycles. The summed E-state index contributed by atoms with van der Waals surface area (Å²) in [7, 11) is 2.95. The Morgan fingerprint density at radius 1 is 1.47 bits per heavy atom. The van der Waals surface area contributed by atoms with E-state index in [9.17, 15) is 9.59 Å². The van der Waals surface area contributed by atoms with Crippen LogP contribution in [0.3, 0.4) is 0 Å². The summed E-state index contributed by atoms with van der Waals surface area (Å²) in [6.45, 7) is 4.07. The number of likely N-dealkylation sites (N-methyl/N-ethyl adjacent to an activating group) is 1. The summed E-state index contributed by atoms with van der Waals surface area (Å²) in [5.41, 5.74) is 0.776. The minimum atomic E-state index is -0.392. The Balaban J connectivity index is 2.44. The standard InChI is InChI=1S/C12H19N3O4/c1-8(2)9-5-11(19-14-9)13-10(16)6-15(3)7-12(17)18-4/h5,8H,6-7H2,1-4H3,(H,13,16). The van der Waals surface area contributed by atoms with E-state index in [0.717, 1.165) is 5.69 Å². The van der Waals surface area contributed by atoms with Crippen molar-refractivity contribution in [3.05, 3.63) is 11.8 Å². The van der Waals surface area contributed by atoms with Crippen LogP contribution in [0.5, 0.6) is 0 Å². The van der Waals surface area contributed by atoms with Crippen molar-refractivity contribution < 1.29 is 18.8 Å². The van der Waals surface area contributed by atoms with E-state index in [1.807, 2.05) is 13.8 Å². The van der Waals surface area contributed by atoms with E-state index in [2.05, 4.69) is 15.2 Å². The van der Waals surface area contributed by atoms with Gasteiger partial charge in [-0.3, -0.25) is 19.8 Å². The maximum absolute atomic E-state index is 11.7. The number of nitrogens with zero attached hydrogens (tertiary/aromatic N) is 2. The largest absolute Gasteiger partial charge is 0.468 e. The van der Waals surface area contributed by atoms with Crippen LogP contribution in [0.15, 0.2) is 10.6 Å². The molecule has 0 radical (unpaired) electrons. The highest BCUT2D eigenvalue weighted by Crippen LogP contribution is 2.17. The monoisotopic (exact) mass is 269 g/mol. The van der Waals surface area contributed by atoms with Crippen molar-refractivity contribution in [2.45, 2.75) is 19.8 Å². The number of ether oxygens (including phenoxy) is 1. The number of nitrogens with one attached hydrogen (secondary N) is 1. The number of carbonyl (C=O) groups excluding carboxylic acids is 2. The lowest BCUT2D eigenvalue weighted by molar-refractivity contribution is -0.141. The van der Waals surface area contributed by atoms with Gasteiger partial charge in [0.25, 0.3) is 0 Å². The summed E-state index contributed by atoms with van der Waals surface area (Å²) < 4.78 is 9.50. The number of methoxy groups -OCH3 is 1. The Morgan fingerprint density at radius 2 is 2.16 bits per heavy atom. The topological polar surface area (TPSA) is 84.7 Å². The molecule has 1 N–H and O–H groups in total. The van der Waals surface area contributed by atoms with Gasteiger partial charge in [-0.2, -0.15) is 0 Å². The number of esters is 1. The van der Waals surface area contributed by atoms with Crippen molar-refractivity contribution in [2.24, 2.45) is 0 Å². The van der Waals surface area contributed by atoms with Gasteiger partial charge in [-0.25, -0.2) is 0 Å². The fourth-order valence-electron chi connectivity index (χ4n) is 1.38. The molecule has 106 valence electrons. The van der Waals surface area contributed by atoms with Gasteiger partial charge in [0.05, 0.1) is 25.9 Å². The van der Waals surface area contributed by atoms with Crippen molar-refractivity contribution in [2.75, 3.05) is 32.6 Å². The van der Waals surface area contributed by atoms with Gasteiger partial charge in [-0.1, -0.05) is 19.0 Å². The average molecular weight is 269 g/mol. The lowest BCUT2D eigenvalue weighted by Crippen LogP contribution is -2.34. The molecule has 0 bridgehead atoms. The second-order valence-electron chi connectivity index (χ2n) is 4.57. The minimum absolute atomic E-state index is 0.0531. The molecule has 1 amide bonds. The van der Waals surface area contributed by atoms with Gasteiger partial charge < -0.3 is 9.26 Å². The van der Waals surface area contributed by atoms with Crippen LogP contribution in [-0.2, 0) is 14.3 Å². The minimum Gasteiger partial charge on any atom is -0.468 e. The number of anilines is 1. The van der Waals surface area contributed by atoms with Crippen LogP contribution in [0.4, 0.5) is 5.88 Å². The molecule has 0 aromatic carbocycles. The van der Waals surface area contributed by atoms with E-state index in [0.29, 0.717) is 5.88 Å². The average Bonchev–Trinajstić information content (AvgIpc) is 2.76. The second-order valence-corrected chi connectivity index (χ2v) is 4.57. The molecular formula is C12H19N3O4. The molecule has 0 unspecified atom stereocenters. The third kappa shape index (κ3) is 5.09. The first-order valence-corrected chi connectivity index (χ1v) is 5.94. The normalized spacial score (nSPS) is 10.8. The SMILES string of the molecule is COC(=O)CN(C)CC(=O)Nc1cc(C(C)C)no1. The zero-order chi connectivity index (χ0) is 14.4. The van der Waals surface area contributed by atoms with Gasteiger partial charge in [0.2, 0.25) is 11.8 Å². The van der Waals surface area contributed by atoms with Crippen molar-refractivity contribution in [1.29, 1.82) is 0 Å². The Morgan fingerprint density at radius 3 is 2.68 bits per heavy atom. The van der Waals surface area contributed by atoms with Crippen LogP contribution in [-0.4, -0.2) is 49.2 Å². The predicted molar refractivity (Wildman–Crippen MR) is 68.7 cm³/mol. The van der Waals surface area contributed by atoms with Crippen LogP contribution in [0, 0.1) is 0 Å². The van der Waals surface area contributed by atoms with Crippen molar-refractivity contribution in [3.8, 4) is 0 Å². The van der Waals surface area contributed by atoms with Crippen LogP contribution in [0.1, 0.15) is 25.5 Å². The molecule has 0 fully saturated rings. The van der Waals surface area contributed by atoms with Gasteiger partial charge in [0, 0.05) is 6.07 Å². The predicted octanol–water partition coefficient (Wildman–Crippen LogP) is 0.841. The molecular weight excluding hydrogens is 250 g/mol. The molecule has 1 heterocycles. The number of rotatable bonds is 6. The molecule has 0 atom stereocenters. The van der Waals surface area contributed by atoms with Crippen molar-refractivity contribution >= 4 is 17.8 Å².